The molecule has 2 amide bonds. The van der Waals surface area contributed by atoms with Crippen LogP contribution in [0.15, 0.2) is 65.5 Å². The van der Waals surface area contributed by atoms with Crippen molar-refractivity contribution in [3.8, 4) is 23.0 Å². The van der Waals surface area contributed by atoms with Gasteiger partial charge in [-0.25, -0.2) is 0 Å². The van der Waals surface area contributed by atoms with E-state index in [9.17, 15) is 14.4 Å². The maximum atomic E-state index is 14.0. The normalized spacial score (nSPS) is 16.6. The standard InChI is InChI=1S/C31H29N3O7/c1-17-4-7-20(8-5-17)32-31(37)29(34-23(16-28(34)35)18-6-9-24(38-2)25(13-18)39-3)21-12-19-14-26-27(41-11-10-40-26)15-22(19)33-30(21)36/h4-9,12-15,23,29H,10-11,16H2,1-3H3,(H,32,37)(H,33,36). The van der Waals surface area contributed by atoms with Gasteiger partial charge in [0.15, 0.2) is 23.0 Å². The van der Waals surface area contributed by atoms with Crippen molar-refractivity contribution < 1.29 is 28.5 Å². The van der Waals surface area contributed by atoms with Crippen LogP contribution in [0.3, 0.4) is 0 Å². The molecular formula is C31H29N3O7. The lowest BCUT2D eigenvalue weighted by Crippen LogP contribution is -2.52. The molecular weight excluding hydrogens is 526 g/mol. The third-order valence-electron chi connectivity index (χ3n) is 7.46. The van der Waals surface area contributed by atoms with Crippen LogP contribution in [-0.2, 0) is 9.59 Å². The summed E-state index contributed by atoms with van der Waals surface area (Å²) in [5.41, 5.74) is 2.53. The van der Waals surface area contributed by atoms with Gasteiger partial charge in [-0.1, -0.05) is 23.8 Å². The van der Waals surface area contributed by atoms with Crippen molar-refractivity contribution in [1.29, 1.82) is 0 Å². The number of rotatable bonds is 7. The molecule has 2 aliphatic heterocycles. The maximum absolute atomic E-state index is 14.0. The number of aryl methyl sites for hydroxylation is 1. The molecule has 2 N–H and O–H groups in total. The first-order valence-electron chi connectivity index (χ1n) is 13.2. The summed E-state index contributed by atoms with van der Waals surface area (Å²) < 4.78 is 22.2. The molecule has 10 heteroatoms. The lowest BCUT2D eigenvalue weighted by Gasteiger charge is -2.45. The van der Waals surface area contributed by atoms with E-state index < -0.39 is 23.6 Å². The van der Waals surface area contributed by atoms with Crippen molar-refractivity contribution in [3.05, 3.63) is 87.7 Å². The average Bonchev–Trinajstić information content (AvgIpc) is 2.98. The second-order valence-electron chi connectivity index (χ2n) is 10.0. The quantitative estimate of drug-likeness (QED) is 0.327. The highest BCUT2D eigenvalue weighted by Crippen LogP contribution is 2.44. The Labute approximate surface area is 235 Å². The highest BCUT2D eigenvalue weighted by molar-refractivity contribution is 6.00. The number of β-lactam (4-membered cyclic amide) rings is 1. The van der Waals surface area contributed by atoms with Crippen LogP contribution in [0.5, 0.6) is 23.0 Å². The van der Waals surface area contributed by atoms with Gasteiger partial charge in [-0.15, -0.1) is 0 Å². The molecule has 2 unspecified atom stereocenters. The van der Waals surface area contributed by atoms with E-state index in [-0.39, 0.29) is 17.9 Å². The molecule has 3 aromatic carbocycles. The number of likely N-dealkylation sites (tertiary alicyclic amines) is 1. The predicted octanol–water partition coefficient (Wildman–Crippen LogP) is 4.28. The number of aromatic amines is 1. The Kier molecular flexibility index (Phi) is 6.74. The largest absolute Gasteiger partial charge is 0.493 e. The van der Waals surface area contributed by atoms with Crippen molar-refractivity contribution >= 4 is 28.4 Å². The number of anilines is 1. The highest BCUT2D eigenvalue weighted by Gasteiger charge is 2.46. The molecule has 6 rings (SSSR count). The topological polar surface area (TPSA) is 119 Å². The van der Waals surface area contributed by atoms with Gasteiger partial charge in [-0.05, 0) is 48.9 Å². The van der Waals surface area contributed by atoms with E-state index in [2.05, 4.69) is 10.3 Å². The minimum absolute atomic E-state index is 0.136. The van der Waals surface area contributed by atoms with Gasteiger partial charge < -0.3 is 34.1 Å². The van der Waals surface area contributed by atoms with Gasteiger partial charge in [0.1, 0.15) is 19.3 Å². The molecule has 0 saturated carbocycles. The maximum Gasteiger partial charge on any atom is 0.254 e. The number of nitrogens with zero attached hydrogens (tertiary/aromatic N) is 1. The lowest BCUT2D eigenvalue weighted by molar-refractivity contribution is -0.154. The number of H-pyrrole nitrogens is 1. The van der Waals surface area contributed by atoms with Crippen molar-refractivity contribution in [1.82, 2.24) is 9.88 Å². The van der Waals surface area contributed by atoms with Gasteiger partial charge in [0.25, 0.3) is 11.5 Å². The molecule has 1 aromatic heterocycles. The molecule has 3 heterocycles. The number of hydrogen-bond donors (Lipinski definition) is 2. The molecule has 41 heavy (non-hydrogen) atoms. The fourth-order valence-electron chi connectivity index (χ4n) is 5.32. The van der Waals surface area contributed by atoms with Crippen LogP contribution in [-0.4, -0.2) is 49.1 Å². The Morgan fingerprint density at radius 3 is 2.34 bits per heavy atom. The molecule has 10 nitrogen and oxygen atoms in total. The number of benzene rings is 3. The summed E-state index contributed by atoms with van der Waals surface area (Å²) in [6.07, 6.45) is 0.175. The van der Waals surface area contributed by atoms with Crippen LogP contribution in [0.2, 0.25) is 0 Å². The number of aromatic nitrogens is 1. The van der Waals surface area contributed by atoms with Crippen molar-refractivity contribution in [3.63, 3.8) is 0 Å². The lowest BCUT2D eigenvalue weighted by atomic mass is 9.89. The number of methoxy groups -OCH3 is 2. The first kappa shape index (κ1) is 26.2. The summed E-state index contributed by atoms with van der Waals surface area (Å²) >= 11 is 0. The molecule has 0 bridgehead atoms. The van der Waals surface area contributed by atoms with Crippen LogP contribution in [0.25, 0.3) is 10.9 Å². The number of pyridine rings is 1. The first-order chi connectivity index (χ1) is 19.9. The molecule has 1 saturated heterocycles. The Bertz CT molecular complexity index is 1710. The molecule has 1 fully saturated rings. The second-order valence-corrected chi connectivity index (χ2v) is 10.0. The van der Waals surface area contributed by atoms with Gasteiger partial charge in [0, 0.05) is 22.7 Å². The number of fused-ring (bicyclic) bond motifs is 2. The number of amides is 2. The summed E-state index contributed by atoms with van der Waals surface area (Å²) in [5, 5.41) is 3.55. The SMILES string of the molecule is COc1ccc(C2CC(=O)N2C(C(=O)Nc2ccc(C)cc2)c2cc3cc4c(cc3[nH]c2=O)OCCO4)cc1OC. The molecule has 2 atom stereocenters. The monoisotopic (exact) mass is 555 g/mol. The Balaban J connectivity index is 1.45. The Morgan fingerprint density at radius 1 is 0.951 bits per heavy atom. The number of carbonyl (C=O) groups is 2. The zero-order valence-electron chi connectivity index (χ0n) is 22.9. The summed E-state index contributed by atoms with van der Waals surface area (Å²) in [6, 6.07) is 16.1. The van der Waals surface area contributed by atoms with Gasteiger partial charge in [-0.3, -0.25) is 14.4 Å². The molecule has 4 aromatic rings. The van der Waals surface area contributed by atoms with Gasteiger partial charge in [0.2, 0.25) is 5.91 Å². The molecule has 0 aliphatic carbocycles. The van der Waals surface area contributed by atoms with E-state index in [4.69, 9.17) is 18.9 Å². The van der Waals surface area contributed by atoms with Gasteiger partial charge >= 0.3 is 0 Å². The zero-order valence-corrected chi connectivity index (χ0v) is 22.9. The second kappa shape index (κ2) is 10.5. The third-order valence-corrected chi connectivity index (χ3v) is 7.46. The predicted molar refractivity (Wildman–Crippen MR) is 152 cm³/mol. The van der Waals surface area contributed by atoms with Crippen molar-refractivity contribution in [2.75, 3.05) is 32.8 Å². The van der Waals surface area contributed by atoms with Crippen LogP contribution >= 0.6 is 0 Å². The molecule has 0 radical (unpaired) electrons. The van der Waals surface area contributed by atoms with Gasteiger partial charge in [-0.2, -0.15) is 0 Å². The minimum Gasteiger partial charge on any atom is -0.493 e. The van der Waals surface area contributed by atoms with Crippen molar-refractivity contribution in [2.45, 2.75) is 25.4 Å². The smallest absolute Gasteiger partial charge is 0.254 e. The zero-order chi connectivity index (χ0) is 28.7. The summed E-state index contributed by atoms with van der Waals surface area (Å²) in [4.78, 5) is 45.0. The van der Waals surface area contributed by atoms with E-state index >= 15 is 0 Å². The third kappa shape index (κ3) is 4.82. The van der Waals surface area contributed by atoms with Gasteiger partial charge in [0.05, 0.1) is 32.2 Å². The van der Waals surface area contributed by atoms with E-state index in [1.165, 1.54) is 12.0 Å². The first-order valence-corrected chi connectivity index (χ1v) is 13.2. The number of ether oxygens (including phenoxy) is 4. The van der Waals surface area contributed by atoms with E-state index in [1.54, 1.807) is 49.6 Å². The fourth-order valence-corrected chi connectivity index (χ4v) is 5.32. The van der Waals surface area contributed by atoms with E-state index in [0.717, 1.165) is 11.1 Å². The number of nitrogens with one attached hydrogen (secondary N) is 2. The fraction of sp³-hybridized carbons (Fsp3) is 0.258. The summed E-state index contributed by atoms with van der Waals surface area (Å²) in [6.45, 7) is 2.77. The molecule has 0 spiro atoms. The summed E-state index contributed by atoms with van der Waals surface area (Å²) in [7, 11) is 3.08. The number of carbonyl (C=O) groups excluding carboxylic acids is 2. The van der Waals surface area contributed by atoms with Crippen LogP contribution in [0, 0.1) is 6.92 Å². The Hall–Kier alpha value is -4.99. The number of hydrogen-bond acceptors (Lipinski definition) is 7. The van der Waals surface area contributed by atoms with E-state index in [1.807, 2.05) is 25.1 Å². The minimum atomic E-state index is -1.21. The van der Waals surface area contributed by atoms with E-state index in [0.29, 0.717) is 52.8 Å². The van der Waals surface area contributed by atoms with Crippen molar-refractivity contribution in [2.24, 2.45) is 0 Å². The highest BCUT2D eigenvalue weighted by atomic mass is 16.6. The van der Waals surface area contributed by atoms with Crippen LogP contribution in [0.4, 0.5) is 5.69 Å². The Morgan fingerprint density at radius 2 is 1.66 bits per heavy atom. The summed E-state index contributed by atoms with van der Waals surface area (Å²) in [5.74, 6) is 1.37. The van der Waals surface area contributed by atoms with Crippen LogP contribution in [0.1, 0.15) is 35.2 Å². The van der Waals surface area contributed by atoms with Crippen LogP contribution < -0.4 is 29.8 Å². The average molecular weight is 556 g/mol. The molecule has 2 aliphatic rings. The molecule has 210 valence electrons.